The Hall–Kier alpha value is -1.28. The van der Waals surface area contributed by atoms with Gasteiger partial charge in [0.15, 0.2) is 0 Å². The summed E-state index contributed by atoms with van der Waals surface area (Å²) in [4.78, 5) is 26.1. The molecule has 0 spiro atoms. The Labute approximate surface area is 102 Å². The molecule has 0 unspecified atom stereocenters. The van der Waals surface area contributed by atoms with Crippen LogP contribution >= 0.6 is 0 Å². The average molecular weight is 240 g/mol. The Bertz CT molecular complexity index is 223. The van der Waals surface area contributed by atoms with Gasteiger partial charge in [0.2, 0.25) is 12.2 Å². The predicted octanol–water partition coefficient (Wildman–Crippen LogP) is 2.02. The molecule has 0 aromatic carbocycles. The van der Waals surface area contributed by atoms with Crippen LogP contribution in [0.5, 0.6) is 0 Å². The van der Waals surface area contributed by atoms with Gasteiger partial charge in [0, 0.05) is 13.2 Å². The molecule has 0 aromatic rings. The van der Waals surface area contributed by atoms with Gasteiger partial charge in [-0.1, -0.05) is 12.8 Å². The maximum atomic E-state index is 9.63. The molecule has 0 aliphatic carbocycles. The van der Waals surface area contributed by atoms with Crippen LogP contribution in [0.15, 0.2) is 9.98 Å². The second kappa shape index (κ2) is 14.7. The lowest BCUT2D eigenvalue weighted by molar-refractivity contribution is 0.198. The molecular formula is C12H20N2O3. The van der Waals surface area contributed by atoms with E-state index >= 15 is 0 Å². The molecular weight excluding hydrogens is 220 g/mol. The maximum Gasteiger partial charge on any atom is 0.234 e. The molecule has 0 atom stereocenters. The van der Waals surface area contributed by atoms with Crippen molar-refractivity contribution < 1.29 is 14.3 Å². The van der Waals surface area contributed by atoms with Gasteiger partial charge in [-0.3, -0.25) is 0 Å². The van der Waals surface area contributed by atoms with Crippen molar-refractivity contribution in [2.24, 2.45) is 9.98 Å². The SMILES string of the molecule is C1CCOC1.O=C=NCCCCCCN=C=O. The third kappa shape index (κ3) is 14.7. The fraction of sp³-hybridized carbons (Fsp3) is 0.833. The van der Waals surface area contributed by atoms with E-state index in [0.717, 1.165) is 38.9 Å². The van der Waals surface area contributed by atoms with Gasteiger partial charge in [0.25, 0.3) is 0 Å². The minimum atomic E-state index is 0.556. The van der Waals surface area contributed by atoms with Crippen LogP contribution in [-0.4, -0.2) is 38.5 Å². The van der Waals surface area contributed by atoms with Crippen LogP contribution in [0.1, 0.15) is 38.5 Å². The van der Waals surface area contributed by atoms with Gasteiger partial charge in [-0.2, -0.15) is 0 Å². The monoisotopic (exact) mass is 240 g/mol. The molecule has 0 saturated carbocycles. The number of carbonyl (C=O) groups excluding carboxylic acids is 2. The first-order chi connectivity index (χ1) is 8.41. The topological polar surface area (TPSA) is 68.1 Å². The van der Waals surface area contributed by atoms with Crippen molar-refractivity contribution in [3.8, 4) is 0 Å². The van der Waals surface area contributed by atoms with E-state index in [2.05, 4.69) is 9.98 Å². The maximum absolute atomic E-state index is 9.63. The fourth-order valence-electron chi connectivity index (χ4n) is 1.34. The van der Waals surface area contributed by atoms with Crippen molar-refractivity contribution in [2.75, 3.05) is 26.3 Å². The molecule has 17 heavy (non-hydrogen) atoms. The molecule has 0 radical (unpaired) electrons. The van der Waals surface area contributed by atoms with Gasteiger partial charge in [-0.25, -0.2) is 19.6 Å². The number of hydrogen-bond acceptors (Lipinski definition) is 5. The highest BCUT2D eigenvalue weighted by molar-refractivity contribution is 5.32. The highest BCUT2D eigenvalue weighted by Gasteiger charge is 1.94. The van der Waals surface area contributed by atoms with Gasteiger partial charge < -0.3 is 4.74 Å². The zero-order valence-electron chi connectivity index (χ0n) is 10.2. The number of ether oxygens (including phenoxy) is 1. The summed E-state index contributed by atoms with van der Waals surface area (Å²) in [5.41, 5.74) is 0. The molecule has 1 fully saturated rings. The molecule has 0 N–H and O–H groups in total. The van der Waals surface area contributed by atoms with Gasteiger partial charge in [-0.15, -0.1) is 0 Å². The molecule has 1 heterocycles. The summed E-state index contributed by atoms with van der Waals surface area (Å²) < 4.78 is 4.94. The van der Waals surface area contributed by atoms with E-state index in [1.54, 1.807) is 0 Å². The van der Waals surface area contributed by atoms with E-state index in [-0.39, 0.29) is 0 Å². The van der Waals surface area contributed by atoms with Crippen molar-refractivity contribution in [1.82, 2.24) is 0 Å². The standard InChI is InChI=1S/C8H12N2O2.C4H8O/c11-7-9-5-3-1-2-4-6-10-8-12;1-2-4-5-3-1/h1-6H2;1-4H2. The van der Waals surface area contributed by atoms with Crippen LogP contribution in [0.3, 0.4) is 0 Å². The summed E-state index contributed by atoms with van der Waals surface area (Å²) in [6.07, 6.45) is 9.36. The Kier molecular flexibility index (Phi) is 13.6. The summed E-state index contributed by atoms with van der Waals surface area (Å²) in [6.45, 7) is 3.11. The highest BCUT2D eigenvalue weighted by Crippen LogP contribution is 1.99. The molecule has 1 aliphatic heterocycles. The minimum absolute atomic E-state index is 0.556. The van der Waals surface area contributed by atoms with E-state index in [1.165, 1.54) is 25.0 Å². The van der Waals surface area contributed by atoms with Crippen LogP contribution in [0.4, 0.5) is 0 Å². The normalized spacial score (nSPS) is 12.9. The molecule has 1 aliphatic rings. The molecule has 0 bridgehead atoms. The zero-order valence-corrected chi connectivity index (χ0v) is 10.2. The Morgan fingerprint density at radius 1 is 0.824 bits per heavy atom. The van der Waals surface area contributed by atoms with Crippen LogP contribution in [0.2, 0.25) is 0 Å². The largest absolute Gasteiger partial charge is 0.381 e. The van der Waals surface area contributed by atoms with E-state index in [9.17, 15) is 9.59 Å². The number of rotatable bonds is 7. The summed E-state index contributed by atoms with van der Waals surface area (Å²) in [6, 6.07) is 0. The first-order valence-electron chi connectivity index (χ1n) is 6.07. The number of aliphatic imine (C=N–C) groups is 2. The Balaban J connectivity index is 0.000000419. The number of isocyanates is 2. The quantitative estimate of drug-likeness (QED) is 0.388. The van der Waals surface area contributed by atoms with Crippen LogP contribution in [0.25, 0.3) is 0 Å². The molecule has 5 heteroatoms. The molecule has 1 saturated heterocycles. The first kappa shape index (κ1) is 15.7. The van der Waals surface area contributed by atoms with E-state index < -0.39 is 0 Å². The van der Waals surface area contributed by atoms with Gasteiger partial charge in [-0.05, 0) is 25.7 Å². The van der Waals surface area contributed by atoms with Crippen molar-refractivity contribution >= 4 is 12.2 Å². The van der Waals surface area contributed by atoms with Gasteiger partial charge >= 0.3 is 0 Å². The Morgan fingerprint density at radius 3 is 1.59 bits per heavy atom. The molecule has 1 rings (SSSR count). The molecule has 0 aromatic heterocycles. The van der Waals surface area contributed by atoms with E-state index in [4.69, 9.17) is 4.74 Å². The third-order valence-corrected chi connectivity index (χ3v) is 2.25. The fourth-order valence-corrected chi connectivity index (χ4v) is 1.34. The highest BCUT2D eigenvalue weighted by atomic mass is 16.5. The van der Waals surface area contributed by atoms with E-state index in [1.807, 2.05) is 0 Å². The van der Waals surface area contributed by atoms with Crippen molar-refractivity contribution in [3.05, 3.63) is 0 Å². The van der Waals surface area contributed by atoms with Crippen molar-refractivity contribution in [1.29, 1.82) is 0 Å². The van der Waals surface area contributed by atoms with Crippen molar-refractivity contribution in [2.45, 2.75) is 38.5 Å². The van der Waals surface area contributed by atoms with Crippen LogP contribution in [0, 0.1) is 0 Å². The zero-order chi connectivity index (χ0) is 12.6. The second-order valence-corrected chi connectivity index (χ2v) is 3.68. The summed E-state index contributed by atoms with van der Waals surface area (Å²) in [5.74, 6) is 0. The van der Waals surface area contributed by atoms with Gasteiger partial charge in [0.1, 0.15) is 0 Å². The lowest BCUT2D eigenvalue weighted by Gasteiger charge is -1.93. The summed E-state index contributed by atoms with van der Waals surface area (Å²) >= 11 is 0. The predicted molar refractivity (Wildman–Crippen MR) is 64.5 cm³/mol. The smallest absolute Gasteiger partial charge is 0.234 e. The number of unbranched alkanes of at least 4 members (excludes halogenated alkanes) is 3. The van der Waals surface area contributed by atoms with Crippen LogP contribution < -0.4 is 0 Å². The molecule has 96 valence electrons. The summed E-state index contributed by atoms with van der Waals surface area (Å²) in [7, 11) is 0. The van der Waals surface area contributed by atoms with E-state index in [0.29, 0.717) is 13.1 Å². The van der Waals surface area contributed by atoms with Gasteiger partial charge in [0.05, 0.1) is 13.1 Å². The second-order valence-electron chi connectivity index (χ2n) is 3.68. The third-order valence-electron chi connectivity index (χ3n) is 2.25. The van der Waals surface area contributed by atoms with Crippen molar-refractivity contribution in [3.63, 3.8) is 0 Å². The average Bonchev–Trinajstić information content (AvgIpc) is 2.92. The lowest BCUT2D eigenvalue weighted by atomic mass is 10.2. The number of nitrogens with zero attached hydrogens (tertiary/aromatic N) is 2. The molecule has 5 nitrogen and oxygen atoms in total. The number of hydrogen-bond donors (Lipinski definition) is 0. The summed E-state index contributed by atoms with van der Waals surface area (Å²) in [5, 5.41) is 0. The van der Waals surface area contributed by atoms with Crippen LogP contribution in [-0.2, 0) is 14.3 Å². The Morgan fingerprint density at radius 2 is 1.29 bits per heavy atom. The molecule has 0 amide bonds. The minimum Gasteiger partial charge on any atom is -0.381 e. The lowest BCUT2D eigenvalue weighted by Crippen LogP contribution is -1.84. The first-order valence-corrected chi connectivity index (χ1v) is 6.07.